The number of hydrogen-bond acceptors (Lipinski definition) is 1. The minimum absolute atomic E-state index is 0.822. The van der Waals surface area contributed by atoms with Crippen LogP contribution in [0.15, 0.2) is 24.3 Å². The highest BCUT2D eigenvalue weighted by Crippen LogP contribution is 2.34. The monoisotopic (exact) mass is 217 g/mol. The fourth-order valence-electron chi connectivity index (χ4n) is 2.74. The smallest absolute Gasteiger partial charge is 0.00772 e. The Morgan fingerprint density at radius 3 is 2.69 bits per heavy atom. The molecule has 0 radical (unpaired) electrons. The lowest BCUT2D eigenvalue weighted by Crippen LogP contribution is -1.99. The molecule has 1 fully saturated rings. The molecule has 0 amide bonds. The van der Waals surface area contributed by atoms with Crippen molar-refractivity contribution in [2.45, 2.75) is 50.9 Å². The third kappa shape index (κ3) is 3.08. The van der Waals surface area contributed by atoms with Gasteiger partial charge in [-0.2, -0.15) is 0 Å². The molecule has 0 saturated heterocycles. The molecule has 0 spiro atoms. The SMILES string of the molecule is NCCCCc1cccc(C2CCCC2)c1. The molecule has 2 rings (SSSR count). The molecule has 1 aliphatic rings. The minimum atomic E-state index is 0.822. The Hall–Kier alpha value is -0.820. The molecule has 0 aliphatic heterocycles. The summed E-state index contributed by atoms with van der Waals surface area (Å²) in [6, 6.07) is 9.22. The summed E-state index contributed by atoms with van der Waals surface area (Å²) in [5, 5.41) is 0. The van der Waals surface area contributed by atoms with E-state index in [2.05, 4.69) is 24.3 Å². The Balaban J connectivity index is 1.95. The fourth-order valence-corrected chi connectivity index (χ4v) is 2.74. The van der Waals surface area contributed by atoms with E-state index in [0.29, 0.717) is 0 Å². The summed E-state index contributed by atoms with van der Waals surface area (Å²) < 4.78 is 0. The van der Waals surface area contributed by atoms with Crippen LogP contribution in [0.4, 0.5) is 0 Å². The molecule has 0 unspecified atom stereocenters. The van der Waals surface area contributed by atoms with E-state index in [-0.39, 0.29) is 0 Å². The van der Waals surface area contributed by atoms with Crippen molar-refractivity contribution in [1.29, 1.82) is 0 Å². The molecule has 0 aromatic heterocycles. The second-order valence-electron chi connectivity index (χ2n) is 4.97. The zero-order valence-electron chi connectivity index (χ0n) is 10.1. The molecule has 2 N–H and O–H groups in total. The molecule has 16 heavy (non-hydrogen) atoms. The number of nitrogens with two attached hydrogens (primary N) is 1. The van der Waals surface area contributed by atoms with Gasteiger partial charge in [-0.3, -0.25) is 0 Å². The van der Waals surface area contributed by atoms with Gasteiger partial charge in [0.25, 0.3) is 0 Å². The molecule has 1 heteroatoms. The van der Waals surface area contributed by atoms with E-state index in [4.69, 9.17) is 5.73 Å². The zero-order valence-corrected chi connectivity index (χ0v) is 10.1. The molecule has 1 saturated carbocycles. The van der Waals surface area contributed by atoms with E-state index in [0.717, 1.165) is 18.9 Å². The summed E-state index contributed by atoms with van der Waals surface area (Å²) in [5.41, 5.74) is 8.59. The Bertz CT molecular complexity index is 313. The Morgan fingerprint density at radius 1 is 1.12 bits per heavy atom. The fraction of sp³-hybridized carbons (Fsp3) is 0.600. The maximum absolute atomic E-state index is 5.52. The highest BCUT2D eigenvalue weighted by molar-refractivity contribution is 5.27. The first-order valence-corrected chi connectivity index (χ1v) is 6.69. The van der Waals surface area contributed by atoms with Gasteiger partial charge in [-0.25, -0.2) is 0 Å². The molecule has 1 aromatic carbocycles. The molecule has 0 atom stereocenters. The van der Waals surface area contributed by atoms with E-state index in [1.54, 1.807) is 5.56 Å². The summed E-state index contributed by atoms with van der Waals surface area (Å²) in [4.78, 5) is 0. The lowest BCUT2D eigenvalue weighted by atomic mass is 9.95. The number of aryl methyl sites for hydroxylation is 1. The molecular weight excluding hydrogens is 194 g/mol. The molecule has 0 heterocycles. The highest BCUT2D eigenvalue weighted by atomic mass is 14.5. The topological polar surface area (TPSA) is 26.0 Å². The predicted octanol–water partition coefficient (Wildman–Crippen LogP) is 3.63. The molecule has 1 aliphatic carbocycles. The summed E-state index contributed by atoms with van der Waals surface area (Å²) in [7, 11) is 0. The van der Waals surface area contributed by atoms with Gasteiger partial charge in [0.1, 0.15) is 0 Å². The highest BCUT2D eigenvalue weighted by Gasteiger charge is 2.16. The normalized spacial score (nSPS) is 16.8. The number of unbranched alkanes of at least 4 members (excludes halogenated alkanes) is 1. The third-order valence-electron chi connectivity index (χ3n) is 3.70. The second kappa shape index (κ2) is 6.05. The summed E-state index contributed by atoms with van der Waals surface area (Å²) >= 11 is 0. The van der Waals surface area contributed by atoms with Crippen LogP contribution in [0.25, 0.3) is 0 Å². The molecule has 1 aromatic rings. The van der Waals surface area contributed by atoms with Crippen LogP contribution in [0.3, 0.4) is 0 Å². The lowest BCUT2D eigenvalue weighted by Gasteiger charge is -2.11. The van der Waals surface area contributed by atoms with Gasteiger partial charge in [-0.05, 0) is 55.7 Å². The van der Waals surface area contributed by atoms with E-state index >= 15 is 0 Å². The Kier molecular flexibility index (Phi) is 4.41. The molecule has 88 valence electrons. The van der Waals surface area contributed by atoms with Crippen LogP contribution < -0.4 is 5.73 Å². The average molecular weight is 217 g/mol. The number of hydrogen-bond donors (Lipinski definition) is 1. The van der Waals surface area contributed by atoms with Gasteiger partial charge in [0.05, 0.1) is 0 Å². The van der Waals surface area contributed by atoms with Crippen molar-refractivity contribution in [2.75, 3.05) is 6.54 Å². The van der Waals surface area contributed by atoms with Crippen molar-refractivity contribution in [3.05, 3.63) is 35.4 Å². The van der Waals surface area contributed by atoms with Crippen molar-refractivity contribution in [1.82, 2.24) is 0 Å². The van der Waals surface area contributed by atoms with Crippen LogP contribution in [0.5, 0.6) is 0 Å². The van der Waals surface area contributed by atoms with Gasteiger partial charge in [-0.1, -0.05) is 37.1 Å². The van der Waals surface area contributed by atoms with E-state index in [9.17, 15) is 0 Å². The molecule has 1 nitrogen and oxygen atoms in total. The maximum atomic E-state index is 5.52. The van der Waals surface area contributed by atoms with Gasteiger partial charge >= 0.3 is 0 Å². The number of rotatable bonds is 5. The lowest BCUT2D eigenvalue weighted by molar-refractivity contribution is 0.715. The van der Waals surface area contributed by atoms with Crippen LogP contribution in [0.2, 0.25) is 0 Å². The second-order valence-corrected chi connectivity index (χ2v) is 4.97. The van der Waals surface area contributed by atoms with Crippen molar-refractivity contribution in [3.8, 4) is 0 Å². The predicted molar refractivity (Wildman–Crippen MR) is 69.6 cm³/mol. The summed E-state index contributed by atoms with van der Waals surface area (Å²) in [6.07, 6.45) is 9.19. The average Bonchev–Trinajstić information content (AvgIpc) is 2.83. The van der Waals surface area contributed by atoms with Crippen LogP contribution in [-0.2, 0) is 6.42 Å². The Labute approximate surface area is 99.0 Å². The van der Waals surface area contributed by atoms with Crippen molar-refractivity contribution >= 4 is 0 Å². The minimum Gasteiger partial charge on any atom is -0.330 e. The largest absolute Gasteiger partial charge is 0.330 e. The first kappa shape index (κ1) is 11.7. The van der Waals surface area contributed by atoms with Crippen molar-refractivity contribution in [3.63, 3.8) is 0 Å². The zero-order chi connectivity index (χ0) is 11.2. The van der Waals surface area contributed by atoms with Crippen LogP contribution in [0.1, 0.15) is 55.6 Å². The van der Waals surface area contributed by atoms with Crippen LogP contribution in [0, 0.1) is 0 Å². The van der Waals surface area contributed by atoms with Gasteiger partial charge in [0.2, 0.25) is 0 Å². The van der Waals surface area contributed by atoms with E-state index in [1.165, 1.54) is 44.1 Å². The molecule has 0 bridgehead atoms. The molecular formula is C15H23N. The van der Waals surface area contributed by atoms with Crippen LogP contribution in [-0.4, -0.2) is 6.54 Å². The van der Waals surface area contributed by atoms with Gasteiger partial charge in [-0.15, -0.1) is 0 Å². The summed E-state index contributed by atoms with van der Waals surface area (Å²) in [5.74, 6) is 0.842. The quantitative estimate of drug-likeness (QED) is 0.749. The van der Waals surface area contributed by atoms with Gasteiger partial charge < -0.3 is 5.73 Å². The first-order chi connectivity index (χ1) is 7.90. The van der Waals surface area contributed by atoms with Crippen LogP contribution >= 0.6 is 0 Å². The Morgan fingerprint density at radius 2 is 1.94 bits per heavy atom. The van der Waals surface area contributed by atoms with E-state index in [1.807, 2.05) is 0 Å². The number of benzene rings is 1. The standard InChI is InChI=1S/C15H23N/c16-11-4-3-6-13-7-5-10-15(12-13)14-8-1-2-9-14/h5,7,10,12,14H,1-4,6,8-9,11,16H2. The van der Waals surface area contributed by atoms with Gasteiger partial charge in [0, 0.05) is 0 Å². The third-order valence-corrected chi connectivity index (χ3v) is 3.70. The summed E-state index contributed by atoms with van der Waals surface area (Å²) in [6.45, 7) is 0.822. The van der Waals surface area contributed by atoms with Crippen molar-refractivity contribution < 1.29 is 0 Å². The van der Waals surface area contributed by atoms with E-state index < -0.39 is 0 Å². The first-order valence-electron chi connectivity index (χ1n) is 6.69. The maximum Gasteiger partial charge on any atom is -0.00772 e. The van der Waals surface area contributed by atoms with Gasteiger partial charge in [0.15, 0.2) is 0 Å². The van der Waals surface area contributed by atoms with Crippen molar-refractivity contribution in [2.24, 2.45) is 5.73 Å².